The highest BCUT2D eigenvalue weighted by Gasteiger charge is 2.31. The van der Waals surface area contributed by atoms with Gasteiger partial charge in [0.15, 0.2) is 0 Å². The van der Waals surface area contributed by atoms with Gasteiger partial charge in [0.25, 0.3) is 0 Å². The summed E-state index contributed by atoms with van der Waals surface area (Å²) in [5, 5.41) is 0. The molecule has 2 aromatic rings. The van der Waals surface area contributed by atoms with Crippen LogP contribution in [0.3, 0.4) is 0 Å². The Morgan fingerprint density at radius 2 is 1.00 bits per heavy atom. The lowest BCUT2D eigenvalue weighted by atomic mass is 9.96. The van der Waals surface area contributed by atoms with Gasteiger partial charge in [-0.2, -0.15) is 0 Å². The van der Waals surface area contributed by atoms with Gasteiger partial charge in [0, 0.05) is 0 Å². The molecule has 3 nitrogen and oxygen atoms in total. The second-order valence-corrected chi connectivity index (χ2v) is 8.37. The number of ether oxygens (including phenoxy) is 2. The largest absolute Gasteiger partial charge is 0.510 e. The van der Waals surface area contributed by atoms with Crippen LogP contribution in [-0.2, 0) is 33.5 Å². The zero-order valence-corrected chi connectivity index (χ0v) is 18.2. The molecule has 0 amide bonds. The molecule has 0 aromatic heterocycles. The molecule has 3 heteroatoms. The summed E-state index contributed by atoms with van der Waals surface area (Å²) >= 11 is 0. The second-order valence-electron chi connectivity index (χ2n) is 8.37. The topological polar surface area (TPSA) is 35.5 Å². The molecule has 0 radical (unpaired) electrons. The Morgan fingerprint density at radius 3 is 1.29 bits per heavy atom. The Balaban J connectivity index is 2.04. The minimum Gasteiger partial charge on any atom is -0.423 e. The van der Waals surface area contributed by atoms with Crippen LogP contribution in [0.4, 0.5) is 4.79 Å². The molecule has 0 atom stereocenters. The van der Waals surface area contributed by atoms with Crippen LogP contribution in [0.25, 0.3) is 0 Å². The molecule has 0 aliphatic heterocycles. The number of rotatable bonds is 8. The normalized spacial score (nSPS) is 11.9. The SMILES string of the molecule is CCCc1ccc(C(C)(C)OC(=O)OC(C)(C)c2ccc(CCC)cc2)cc1. The van der Waals surface area contributed by atoms with E-state index < -0.39 is 17.4 Å². The number of carbonyl (C=O) groups excluding carboxylic acids is 1. The van der Waals surface area contributed by atoms with Crippen LogP contribution in [0.15, 0.2) is 48.5 Å². The number of carbonyl (C=O) groups is 1. The van der Waals surface area contributed by atoms with Crippen molar-refractivity contribution in [2.24, 2.45) is 0 Å². The summed E-state index contributed by atoms with van der Waals surface area (Å²) in [7, 11) is 0. The summed E-state index contributed by atoms with van der Waals surface area (Å²) in [6.07, 6.45) is 3.66. The third-order valence-corrected chi connectivity index (χ3v) is 5.05. The van der Waals surface area contributed by atoms with E-state index in [9.17, 15) is 4.79 Å². The maximum absolute atomic E-state index is 12.5. The molecule has 28 heavy (non-hydrogen) atoms. The number of hydrogen-bond donors (Lipinski definition) is 0. The Labute approximate surface area is 170 Å². The lowest BCUT2D eigenvalue weighted by molar-refractivity contribution is -0.0634. The molecule has 0 unspecified atom stereocenters. The van der Waals surface area contributed by atoms with E-state index in [1.807, 2.05) is 52.0 Å². The van der Waals surface area contributed by atoms with Crippen molar-refractivity contribution >= 4 is 6.16 Å². The zero-order valence-electron chi connectivity index (χ0n) is 18.2. The van der Waals surface area contributed by atoms with Crippen molar-refractivity contribution in [3.8, 4) is 0 Å². The van der Waals surface area contributed by atoms with E-state index in [4.69, 9.17) is 9.47 Å². The third kappa shape index (κ3) is 5.85. The average molecular weight is 383 g/mol. The fourth-order valence-corrected chi connectivity index (χ4v) is 3.28. The van der Waals surface area contributed by atoms with Crippen molar-refractivity contribution in [2.75, 3.05) is 0 Å². The molecular formula is C25H34O3. The minimum absolute atomic E-state index is 0.662. The first-order valence-electron chi connectivity index (χ1n) is 10.3. The van der Waals surface area contributed by atoms with Crippen LogP contribution in [0, 0.1) is 0 Å². The van der Waals surface area contributed by atoms with E-state index in [0.717, 1.165) is 36.8 Å². The summed E-state index contributed by atoms with van der Waals surface area (Å²) in [4.78, 5) is 12.5. The Bertz CT molecular complexity index is 690. The van der Waals surface area contributed by atoms with E-state index >= 15 is 0 Å². The predicted molar refractivity (Wildman–Crippen MR) is 114 cm³/mol. The van der Waals surface area contributed by atoms with Gasteiger partial charge in [-0.1, -0.05) is 75.2 Å². The monoisotopic (exact) mass is 382 g/mol. The third-order valence-electron chi connectivity index (χ3n) is 5.05. The molecule has 0 saturated heterocycles. The predicted octanol–water partition coefficient (Wildman–Crippen LogP) is 6.92. The molecule has 0 fully saturated rings. The first-order chi connectivity index (χ1) is 13.2. The van der Waals surface area contributed by atoms with Crippen LogP contribution in [0.5, 0.6) is 0 Å². The molecule has 0 heterocycles. The highest BCUT2D eigenvalue weighted by molar-refractivity contribution is 5.62. The van der Waals surface area contributed by atoms with E-state index in [0.29, 0.717) is 0 Å². The maximum Gasteiger partial charge on any atom is 0.510 e. The van der Waals surface area contributed by atoms with Gasteiger partial charge >= 0.3 is 6.16 Å². The van der Waals surface area contributed by atoms with Crippen LogP contribution in [-0.4, -0.2) is 6.16 Å². The molecule has 2 rings (SSSR count). The van der Waals surface area contributed by atoms with E-state index in [1.54, 1.807) is 0 Å². The smallest absolute Gasteiger partial charge is 0.423 e. The Hall–Kier alpha value is -2.29. The zero-order chi connectivity index (χ0) is 20.8. The van der Waals surface area contributed by atoms with Gasteiger partial charge in [-0.15, -0.1) is 0 Å². The lowest BCUT2D eigenvalue weighted by Crippen LogP contribution is -2.31. The Morgan fingerprint density at radius 1 is 0.679 bits per heavy atom. The van der Waals surface area contributed by atoms with Crippen molar-refractivity contribution in [3.05, 3.63) is 70.8 Å². The van der Waals surface area contributed by atoms with Crippen molar-refractivity contribution in [3.63, 3.8) is 0 Å². The van der Waals surface area contributed by atoms with Gasteiger partial charge in [-0.25, -0.2) is 4.79 Å². The van der Waals surface area contributed by atoms with Crippen molar-refractivity contribution in [1.82, 2.24) is 0 Å². The molecule has 2 aromatic carbocycles. The standard InChI is InChI=1S/C25H34O3/c1-7-9-19-11-15-21(16-12-19)24(3,4)27-23(26)28-25(5,6)22-17-13-20(10-8-2)14-18-22/h11-18H,7-10H2,1-6H3. The highest BCUT2D eigenvalue weighted by Crippen LogP contribution is 2.30. The number of benzene rings is 2. The quantitative estimate of drug-likeness (QED) is 0.465. The van der Waals surface area contributed by atoms with E-state index in [2.05, 4.69) is 38.1 Å². The first-order valence-corrected chi connectivity index (χ1v) is 10.3. The molecule has 0 saturated carbocycles. The van der Waals surface area contributed by atoms with Gasteiger partial charge in [0.1, 0.15) is 11.2 Å². The van der Waals surface area contributed by atoms with Crippen LogP contribution < -0.4 is 0 Å². The molecule has 0 aliphatic carbocycles. The minimum atomic E-state index is -0.761. The van der Waals surface area contributed by atoms with E-state index in [1.165, 1.54) is 11.1 Å². The molecule has 0 N–H and O–H groups in total. The van der Waals surface area contributed by atoms with Gasteiger partial charge in [0.2, 0.25) is 0 Å². The van der Waals surface area contributed by atoms with Crippen molar-refractivity contribution < 1.29 is 14.3 Å². The van der Waals surface area contributed by atoms with Crippen molar-refractivity contribution in [1.29, 1.82) is 0 Å². The summed E-state index contributed by atoms with van der Waals surface area (Å²) in [5.41, 5.74) is 2.96. The lowest BCUT2D eigenvalue weighted by Gasteiger charge is -2.30. The fraction of sp³-hybridized carbons (Fsp3) is 0.480. The highest BCUT2D eigenvalue weighted by atomic mass is 16.7. The van der Waals surface area contributed by atoms with Crippen molar-refractivity contribution in [2.45, 2.75) is 78.4 Å². The van der Waals surface area contributed by atoms with Gasteiger partial charge in [-0.05, 0) is 62.8 Å². The molecular weight excluding hydrogens is 348 g/mol. The van der Waals surface area contributed by atoms with Crippen LogP contribution >= 0.6 is 0 Å². The summed E-state index contributed by atoms with van der Waals surface area (Å²) in [6, 6.07) is 16.5. The molecule has 0 bridgehead atoms. The van der Waals surface area contributed by atoms with Crippen LogP contribution in [0.1, 0.15) is 76.6 Å². The fourth-order valence-electron chi connectivity index (χ4n) is 3.28. The molecule has 0 spiro atoms. The van der Waals surface area contributed by atoms with Crippen LogP contribution in [0.2, 0.25) is 0 Å². The summed E-state index contributed by atoms with van der Waals surface area (Å²) < 4.78 is 11.4. The number of aryl methyl sites for hydroxylation is 2. The average Bonchev–Trinajstić information content (AvgIpc) is 2.62. The van der Waals surface area contributed by atoms with E-state index in [-0.39, 0.29) is 0 Å². The number of hydrogen-bond acceptors (Lipinski definition) is 3. The molecule has 0 aliphatic rings. The first kappa shape index (κ1) is 22.0. The summed E-state index contributed by atoms with van der Waals surface area (Å²) in [6.45, 7) is 11.9. The van der Waals surface area contributed by atoms with Gasteiger partial charge in [-0.3, -0.25) is 0 Å². The Kier molecular flexibility index (Phi) is 7.29. The van der Waals surface area contributed by atoms with Gasteiger partial charge < -0.3 is 9.47 Å². The summed E-state index contributed by atoms with van der Waals surface area (Å²) in [5.74, 6) is 0. The second kappa shape index (κ2) is 9.27. The van der Waals surface area contributed by atoms with Gasteiger partial charge in [0.05, 0.1) is 0 Å². The maximum atomic E-state index is 12.5. The molecule has 152 valence electrons.